The summed E-state index contributed by atoms with van der Waals surface area (Å²) < 4.78 is 0. The highest BCUT2D eigenvalue weighted by Crippen LogP contribution is 2.33. The van der Waals surface area contributed by atoms with Gasteiger partial charge in [-0.15, -0.1) is 0 Å². The number of hydrogen-bond acceptors (Lipinski definition) is 3. The first-order chi connectivity index (χ1) is 13.6. The Morgan fingerprint density at radius 2 is 1.68 bits per heavy atom. The summed E-state index contributed by atoms with van der Waals surface area (Å²) in [6.07, 6.45) is 2.17. The van der Waals surface area contributed by atoms with E-state index >= 15 is 0 Å². The number of fused-ring (bicyclic) bond motifs is 1. The fraction of sp³-hybridized carbons (Fsp3) is 0.318. The van der Waals surface area contributed by atoms with Crippen LogP contribution in [0.5, 0.6) is 0 Å². The molecule has 6 nitrogen and oxygen atoms in total. The highest BCUT2D eigenvalue weighted by Gasteiger charge is 2.31. The monoisotopic (exact) mass is 377 g/mol. The summed E-state index contributed by atoms with van der Waals surface area (Å²) in [5, 5.41) is 2.77. The van der Waals surface area contributed by atoms with Gasteiger partial charge in [-0.2, -0.15) is 0 Å². The Hall–Kier alpha value is -3.15. The highest BCUT2D eigenvalue weighted by atomic mass is 16.2. The van der Waals surface area contributed by atoms with Gasteiger partial charge in [0.1, 0.15) is 6.54 Å². The lowest BCUT2D eigenvalue weighted by Crippen LogP contribution is -2.42. The number of carbonyl (C=O) groups excluding carboxylic acids is 3. The Bertz CT molecular complexity index is 897. The van der Waals surface area contributed by atoms with Gasteiger partial charge in [0.05, 0.1) is 17.4 Å². The molecule has 1 fully saturated rings. The number of amides is 3. The van der Waals surface area contributed by atoms with E-state index in [4.69, 9.17) is 0 Å². The van der Waals surface area contributed by atoms with Crippen molar-refractivity contribution in [3.63, 3.8) is 0 Å². The van der Waals surface area contributed by atoms with E-state index in [-0.39, 0.29) is 43.1 Å². The fourth-order valence-corrected chi connectivity index (χ4v) is 4.04. The van der Waals surface area contributed by atoms with Crippen molar-refractivity contribution in [3.8, 4) is 0 Å². The van der Waals surface area contributed by atoms with Crippen molar-refractivity contribution in [2.75, 3.05) is 23.3 Å². The van der Waals surface area contributed by atoms with Gasteiger partial charge in [-0.05, 0) is 30.5 Å². The lowest BCUT2D eigenvalue weighted by molar-refractivity contribution is -0.134. The molecule has 1 saturated heterocycles. The molecule has 1 N–H and O–H groups in total. The van der Waals surface area contributed by atoms with Gasteiger partial charge >= 0.3 is 0 Å². The maximum Gasteiger partial charge on any atom is 0.244 e. The van der Waals surface area contributed by atoms with E-state index in [1.165, 1.54) is 4.90 Å². The topological polar surface area (TPSA) is 69.7 Å². The van der Waals surface area contributed by atoms with E-state index in [1.807, 2.05) is 47.4 Å². The third-order valence-corrected chi connectivity index (χ3v) is 5.38. The van der Waals surface area contributed by atoms with Crippen molar-refractivity contribution in [2.24, 2.45) is 0 Å². The Balaban J connectivity index is 1.41. The molecule has 3 amide bonds. The van der Waals surface area contributed by atoms with Crippen LogP contribution in [0, 0.1) is 0 Å². The summed E-state index contributed by atoms with van der Waals surface area (Å²) in [7, 11) is 0. The van der Waals surface area contributed by atoms with Crippen LogP contribution in [-0.2, 0) is 14.4 Å². The predicted octanol–water partition coefficient (Wildman–Crippen LogP) is 3.12. The third-order valence-electron chi connectivity index (χ3n) is 5.38. The van der Waals surface area contributed by atoms with Gasteiger partial charge in [0.25, 0.3) is 0 Å². The molecule has 2 aromatic carbocycles. The van der Waals surface area contributed by atoms with E-state index in [0.717, 1.165) is 24.9 Å². The van der Waals surface area contributed by atoms with Crippen molar-refractivity contribution in [2.45, 2.75) is 31.7 Å². The molecule has 6 heteroatoms. The van der Waals surface area contributed by atoms with E-state index in [1.54, 1.807) is 12.1 Å². The normalized spacial score (nSPS) is 18.6. The summed E-state index contributed by atoms with van der Waals surface area (Å²) in [5.41, 5.74) is 2.45. The average Bonchev–Trinajstić information content (AvgIpc) is 3.22. The molecule has 1 unspecified atom stereocenters. The van der Waals surface area contributed by atoms with E-state index < -0.39 is 0 Å². The van der Waals surface area contributed by atoms with Crippen LogP contribution < -0.4 is 10.2 Å². The van der Waals surface area contributed by atoms with Crippen LogP contribution in [0.2, 0.25) is 0 Å². The quantitative estimate of drug-likeness (QED) is 0.890. The van der Waals surface area contributed by atoms with Gasteiger partial charge in [0.15, 0.2) is 0 Å². The molecule has 2 aliphatic rings. The standard InChI is InChI=1S/C22H23N3O3/c26-20-15-25(19-10-5-4-9-17(19)23-20)22(28)13-12-21(27)24-14-6-11-18(24)16-7-2-1-3-8-16/h1-5,7-10,18H,6,11-15H2,(H,23,26). The summed E-state index contributed by atoms with van der Waals surface area (Å²) >= 11 is 0. The van der Waals surface area contributed by atoms with Crippen LogP contribution in [0.4, 0.5) is 11.4 Å². The lowest BCUT2D eigenvalue weighted by Gasteiger charge is -2.29. The van der Waals surface area contributed by atoms with E-state index in [0.29, 0.717) is 11.4 Å². The van der Waals surface area contributed by atoms with Crippen molar-refractivity contribution < 1.29 is 14.4 Å². The number of hydrogen-bond donors (Lipinski definition) is 1. The molecule has 0 aromatic heterocycles. The molecule has 2 aliphatic heterocycles. The van der Waals surface area contributed by atoms with Gasteiger partial charge in [-0.25, -0.2) is 0 Å². The van der Waals surface area contributed by atoms with Crippen molar-refractivity contribution >= 4 is 29.1 Å². The second-order valence-corrected chi connectivity index (χ2v) is 7.20. The average molecular weight is 377 g/mol. The van der Waals surface area contributed by atoms with Crippen molar-refractivity contribution in [1.29, 1.82) is 0 Å². The number of rotatable bonds is 4. The summed E-state index contributed by atoms with van der Waals surface area (Å²) in [4.78, 5) is 40.8. The first kappa shape index (κ1) is 18.2. The van der Waals surface area contributed by atoms with Gasteiger partial charge in [-0.3, -0.25) is 14.4 Å². The molecule has 2 aromatic rings. The SMILES string of the molecule is O=C1CN(C(=O)CCC(=O)N2CCCC2c2ccccc2)c2ccccc2N1. The van der Waals surface area contributed by atoms with Crippen LogP contribution in [0.1, 0.15) is 37.3 Å². The molecule has 144 valence electrons. The largest absolute Gasteiger partial charge is 0.336 e. The number of benzene rings is 2. The van der Waals surface area contributed by atoms with Crippen molar-refractivity contribution in [1.82, 2.24) is 4.90 Å². The molecule has 0 spiro atoms. The van der Waals surface area contributed by atoms with Crippen LogP contribution >= 0.6 is 0 Å². The zero-order valence-electron chi connectivity index (χ0n) is 15.6. The molecule has 4 rings (SSSR count). The smallest absolute Gasteiger partial charge is 0.244 e. The molecular weight excluding hydrogens is 354 g/mol. The zero-order valence-corrected chi connectivity index (χ0v) is 15.6. The van der Waals surface area contributed by atoms with E-state index in [9.17, 15) is 14.4 Å². The minimum atomic E-state index is -0.220. The second-order valence-electron chi connectivity index (χ2n) is 7.20. The Morgan fingerprint density at radius 3 is 2.50 bits per heavy atom. The van der Waals surface area contributed by atoms with Crippen LogP contribution in [-0.4, -0.2) is 35.7 Å². The lowest BCUT2D eigenvalue weighted by atomic mass is 10.0. The predicted molar refractivity (Wildman–Crippen MR) is 107 cm³/mol. The van der Waals surface area contributed by atoms with Gasteiger partial charge in [-0.1, -0.05) is 42.5 Å². The fourth-order valence-electron chi connectivity index (χ4n) is 4.04. The van der Waals surface area contributed by atoms with Crippen molar-refractivity contribution in [3.05, 3.63) is 60.2 Å². The molecule has 1 atom stereocenters. The number of nitrogens with one attached hydrogen (secondary N) is 1. The van der Waals surface area contributed by atoms with Gasteiger partial charge < -0.3 is 15.1 Å². The maximum atomic E-state index is 12.8. The highest BCUT2D eigenvalue weighted by molar-refractivity contribution is 6.10. The minimum Gasteiger partial charge on any atom is -0.336 e. The summed E-state index contributed by atoms with van der Waals surface area (Å²) in [6, 6.07) is 17.3. The molecule has 0 saturated carbocycles. The number of carbonyl (C=O) groups is 3. The first-order valence-electron chi connectivity index (χ1n) is 9.67. The van der Waals surface area contributed by atoms with Crippen LogP contribution in [0.3, 0.4) is 0 Å². The van der Waals surface area contributed by atoms with Crippen LogP contribution in [0.15, 0.2) is 54.6 Å². The Labute approximate surface area is 164 Å². The van der Waals surface area contributed by atoms with Gasteiger partial charge in [0, 0.05) is 19.4 Å². The molecule has 0 radical (unpaired) electrons. The summed E-state index contributed by atoms with van der Waals surface area (Å²) in [6.45, 7) is 0.710. The first-order valence-corrected chi connectivity index (χ1v) is 9.67. The second kappa shape index (κ2) is 7.84. The van der Waals surface area contributed by atoms with Gasteiger partial charge in [0.2, 0.25) is 17.7 Å². The maximum absolute atomic E-state index is 12.8. The molecule has 0 bridgehead atoms. The summed E-state index contributed by atoms with van der Waals surface area (Å²) in [5.74, 6) is -0.428. The Kier molecular flexibility index (Phi) is 5.10. The molecule has 28 heavy (non-hydrogen) atoms. The third kappa shape index (κ3) is 3.63. The number of nitrogens with zero attached hydrogens (tertiary/aromatic N) is 2. The zero-order chi connectivity index (χ0) is 19.5. The number of likely N-dealkylation sites (tertiary alicyclic amines) is 1. The molecule has 2 heterocycles. The van der Waals surface area contributed by atoms with Crippen LogP contribution in [0.25, 0.3) is 0 Å². The minimum absolute atomic E-state index is 0.00514. The molecular formula is C22H23N3O3. The number of anilines is 2. The number of para-hydroxylation sites is 2. The molecule has 0 aliphatic carbocycles. The van der Waals surface area contributed by atoms with E-state index in [2.05, 4.69) is 5.32 Å². The Morgan fingerprint density at radius 1 is 0.964 bits per heavy atom.